The summed E-state index contributed by atoms with van der Waals surface area (Å²) >= 11 is 0. The van der Waals surface area contributed by atoms with Gasteiger partial charge in [-0.1, -0.05) is 88.4 Å². The van der Waals surface area contributed by atoms with Crippen LogP contribution in [0, 0.1) is 11.8 Å². The molecule has 0 saturated heterocycles. The van der Waals surface area contributed by atoms with E-state index in [9.17, 15) is 19.2 Å². The fourth-order valence-electron chi connectivity index (χ4n) is 4.07. The summed E-state index contributed by atoms with van der Waals surface area (Å²) in [6, 6.07) is 15.9. The van der Waals surface area contributed by atoms with Crippen LogP contribution in [0.4, 0.5) is 0 Å². The number of nitrogens with one attached hydrogen (secondary N) is 3. The van der Waals surface area contributed by atoms with E-state index in [4.69, 9.17) is 9.47 Å². The SMILES string of the molecule is CC(=O)N[C@H](C(=O)N[C@H](C(=O)N[C@@H](CC(C)C)C(=O)OCc1ccccc1)C(C)C)[C@@H](C)OCc1ccccc1. The number of ether oxygens (including phenoxy) is 2. The van der Waals surface area contributed by atoms with Crippen LogP contribution in [0.15, 0.2) is 60.7 Å². The van der Waals surface area contributed by atoms with Crippen molar-refractivity contribution in [2.75, 3.05) is 0 Å². The first kappa shape index (κ1) is 32.5. The third kappa shape index (κ3) is 11.2. The van der Waals surface area contributed by atoms with E-state index in [1.807, 2.05) is 74.5 Å². The van der Waals surface area contributed by atoms with E-state index >= 15 is 0 Å². The predicted molar refractivity (Wildman–Crippen MR) is 153 cm³/mol. The first-order valence-electron chi connectivity index (χ1n) is 13.7. The molecule has 0 bridgehead atoms. The minimum Gasteiger partial charge on any atom is -0.459 e. The zero-order valence-corrected chi connectivity index (χ0v) is 24.3. The molecule has 0 aliphatic heterocycles. The van der Waals surface area contributed by atoms with Gasteiger partial charge in [-0.25, -0.2) is 4.79 Å². The average molecular weight is 554 g/mol. The summed E-state index contributed by atoms with van der Waals surface area (Å²) in [5.41, 5.74) is 1.76. The lowest BCUT2D eigenvalue weighted by molar-refractivity contribution is -0.150. The second-order valence-electron chi connectivity index (χ2n) is 10.7. The maximum atomic E-state index is 13.4. The van der Waals surface area contributed by atoms with Gasteiger partial charge in [-0.05, 0) is 36.3 Å². The fraction of sp³-hybridized carbons (Fsp3) is 0.484. The Kier molecular flexibility index (Phi) is 13.3. The molecule has 2 rings (SSSR count). The van der Waals surface area contributed by atoms with Crippen LogP contribution in [-0.4, -0.2) is 47.9 Å². The molecule has 2 aromatic carbocycles. The van der Waals surface area contributed by atoms with Crippen LogP contribution in [0.1, 0.15) is 59.1 Å². The molecule has 0 unspecified atom stereocenters. The van der Waals surface area contributed by atoms with Gasteiger partial charge in [0.05, 0.1) is 12.7 Å². The van der Waals surface area contributed by atoms with Crippen molar-refractivity contribution >= 4 is 23.7 Å². The molecule has 0 radical (unpaired) electrons. The Morgan fingerprint density at radius 1 is 0.700 bits per heavy atom. The number of esters is 1. The molecule has 0 aromatic heterocycles. The van der Waals surface area contributed by atoms with Crippen LogP contribution >= 0.6 is 0 Å². The first-order valence-corrected chi connectivity index (χ1v) is 13.7. The summed E-state index contributed by atoms with van der Waals surface area (Å²) in [5, 5.41) is 8.17. The first-order chi connectivity index (χ1) is 19.0. The molecule has 0 spiro atoms. The summed E-state index contributed by atoms with van der Waals surface area (Å²) in [6.07, 6.45) is -0.307. The average Bonchev–Trinajstić information content (AvgIpc) is 2.92. The molecule has 2 aromatic rings. The lowest BCUT2D eigenvalue weighted by Gasteiger charge is -2.29. The number of rotatable bonds is 15. The Balaban J connectivity index is 2.09. The number of benzene rings is 2. The number of amides is 3. The Morgan fingerprint density at radius 3 is 1.73 bits per heavy atom. The monoisotopic (exact) mass is 553 g/mol. The fourth-order valence-corrected chi connectivity index (χ4v) is 4.07. The van der Waals surface area contributed by atoms with Crippen LogP contribution in [0.25, 0.3) is 0 Å². The minimum atomic E-state index is -1.03. The van der Waals surface area contributed by atoms with Crippen molar-refractivity contribution in [3.05, 3.63) is 71.8 Å². The van der Waals surface area contributed by atoms with Crippen molar-refractivity contribution in [3.8, 4) is 0 Å². The van der Waals surface area contributed by atoms with Gasteiger partial charge in [-0.2, -0.15) is 0 Å². The van der Waals surface area contributed by atoms with E-state index in [0.29, 0.717) is 6.42 Å². The molecular weight excluding hydrogens is 510 g/mol. The molecule has 0 heterocycles. The van der Waals surface area contributed by atoms with Gasteiger partial charge in [0.1, 0.15) is 24.7 Å². The van der Waals surface area contributed by atoms with Crippen molar-refractivity contribution in [1.82, 2.24) is 16.0 Å². The predicted octanol–water partition coefficient (Wildman–Crippen LogP) is 3.51. The zero-order chi connectivity index (χ0) is 29.7. The van der Waals surface area contributed by atoms with Crippen LogP contribution < -0.4 is 16.0 Å². The van der Waals surface area contributed by atoms with E-state index in [1.54, 1.807) is 20.8 Å². The molecule has 0 fully saturated rings. The second kappa shape index (κ2) is 16.4. The summed E-state index contributed by atoms with van der Waals surface area (Å²) in [6.45, 7) is 10.8. The summed E-state index contributed by atoms with van der Waals surface area (Å²) < 4.78 is 11.4. The van der Waals surface area contributed by atoms with E-state index in [-0.39, 0.29) is 25.0 Å². The number of carbonyl (C=O) groups excluding carboxylic acids is 4. The maximum Gasteiger partial charge on any atom is 0.328 e. The molecule has 9 nitrogen and oxygen atoms in total. The van der Waals surface area contributed by atoms with Gasteiger partial charge in [0.2, 0.25) is 17.7 Å². The molecule has 4 atom stereocenters. The van der Waals surface area contributed by atoms with Gasteiger partial charge in [0.15, 0.2) is 0 Å². The van der Waals surface area contributed by atoms with E-state index < -0.39 is 47.9 Å². The number of hydrogen-bond donors (Lipinski definition) is 3. The van der Waals surface area contributed by atoms with Crippen molar-refractivity contribution < 1.29 is 28.7 Å². The van der Waals surface area contributed by atoms with Crippen molar-refractivity contribution in [2.24, 2.45) is 11.8 Å². The summed E-state index contributed by atoms with van der Waals surface area (Å²) in [4.78, 5) is 51.5. The molecule has 40 heavy (non-hydrogen) atoms. The Hall–Kier alpha value is -3.72. The van der Waals surface area contributed by atoms with Crippen molar-refractivity contribution in [1.29, 1.82) is 0 Å². The smallest absolute Gasteiger partial charge is 0.328 e. The molecule has 3 N–H and O–H groups in total. The Bertz CT molecular complexity index is 1090. The number of carbonyl (C=O) groups is 4. The molecule has 0 aliphatic carbocycles. The van der Waals surface area contributed by atoms with Crippen molar-refractivity contribution in [2.45, 2.75) is 85.4 Å². The molecule has 0 aliphatic rings. The molecular formula is C31H43N3O6. The minimum absolute atomic E-state index is 0.0910. The quantitative estimate of drug-likeness (QED) is 0.290. The largest absolute Gasteiger partial charge is 0.459 e. The van der Waals surface area contributed by atoms with E-state index in [1.165, 1.54) is 6.92 Å². The van der Waals surface area contributed by atoms with Gasteiger partial charge >= 0.3 is 5.97 Å². The van der Waals surface area contributed by atoms with Gasteiger partial charge in [-0.15, -0.1) is 0 Å². The maximum absolute atomic E-state index is 13.4. The van der Waals surface area contributed by atoms with E-state index in [0.717, 1.165) is 11.1 Å². The summed E-state index contributed by atoms with van der Waals surface area (Å²) in [5.74, 6) is -2.21. The number of hydrogen-bond acceptors (Lipinski definition) is 6. The summed E-state index contributed by atoms with van der Waals surface area (Å²) in [7, 11) is 0. The zero-order valence-electron chi connectivity index (χ0n) is 24.3. The van der Waals surface area contributed by atoms with Gasteiger partial charge in [-0.3, -0.25) is 14.4 Å². The molecule has 0 saturated carbocycles. The highest BCUT2D eigenvalue weighted by atomic mass is 16.5. The lowest BCUT2D eigenvalue weighted by Crippen LogP contribution is -2.59. The molecule has 9 heteroatoms. The van der Waals surface area contributed by atoms with Crippen LogP contribution in [0.5, 0.6) is 0 Å². The molecule has 3 amide bonds. The Labute approximate surface area is 237 Å². The van der Waals surface area contributed by atoms with Gasteiger partial charge in [0, 0.05) is 6.92 Å². The molecule has 218 valence electrons. The highest BCUT2D eigenvalue weighted by Crippen LogP contribution is 2.12. The Morgan fingerprint density at radius 2 is 1.23 bits per heavy atom. The second-order valence-corrected chi connectivity index (χ2v) is 10.7. The highest BCUT2D eigenvalue weighted by Gasteiger charge is 2.34. The van der Waals surface area contributed by atoms with Crippen LogP contribution in [0.3, 0.4) is 0 Å². The standard InChI is InChI=1S/C31H43N3O6/c1-20(2)17-26(31(38)40-19-25-15-11-8-12-16-25)33-29(36)27(21(3)4)34-30(37)28(32-23(6)35)22(5)39-18-24-13-9-7-10-14-24/h7-16,20-22,26-28H,17-19H2,1-6H3,(H,32,35)(H,33,36)(H,34,37)/t22-,26+,27+,28+/m1/s1. The van der Waals surface area contributed by atoms with E-state index in [2.05, 4.69) is 16.0 Å². The van der Waals surface area contributed by atoms with Crippen LogP contribution in [0.2, 0.25) is 0 Å². The topological polar surface area (TPSA) is 123 Å². The third-order valence-corrected chi connectivity index (χ3v) is 6.25. The third-order valence-electron chi connectivity index (χ3n) is 6.25. The highest BCUT2D eigenvalue weighted by molar-refractivity contribution is 5.93. The lowest BCUT2D eigenvalue weighted by atomic mass is 9.99. The van der Waals surface area contributed by atoms with Gasteiger partial charge < -0.3 is 25.4 Å². The van der Waals surface area contributed by atoms with Crippen LogP contribution in [-0.2, 0) is 41.9 Å². The van der Waals surface area contributed by atoms with Gasteiger partial charge in [0.25, 0.3) is 0 Å². The van der Waals surface area contributed by atoms with Crippen molar-refractivity contribution in [3.63, 3.8) is 0 Å². The normalized spacial score (nSPS) is 14.1.